The summed E-state index contributed by atoms with van der Waals surface area (Å²) >= 11 is 7.03. The van der Waals surface area contributed by atoms with E-state index in [0.717, 1.165) is 31.4 Å². The van der Waals surface area contributed by atoms with Gasteiger partial charge in [-0.1, -0.05) is 0 Å². The fourth-order valence-corrected chi connectivity index (χ4v) is 2.70. The molecule has 5 heteroatoms. The Morgan fingerprint density at radius 2 is 2.06 bits per heavy atom. The molecule has 0 saturated carbocycles. The summed E-state index contributed by atoms with van der Waals surface area (Å²) in [6.07, 6.45) is 0. The van der Waals surface area contributed by atoms with E-state index in [1.165, 1.54) is 0 Å². The summed E-state index contributed by atoms with van der Waals surface area (Å²) in [6.45, 7) is 2.05. The van der Waals surface area contributed by atoms with Crippen LogP contribution in [0.5, 0.6) is 5.75 Å². The Morgan fingerprint density at radius 3 is 2.65 bits per heavy atom. The molecule has 0 bridgehead atoms. The Bertz CT molecular complexity index is 551. The maximum Gasteiger partial charge on any atom is 0.149 e. The van der Waals surface area contributed by atoms with Crippen LogP contribution in [-0.4, -0.2) is 14.2 Å². The Morgan fingerprint density at radius 1 is 1.35 bits per heavy atom. The van der Waals surface area contributed by atoms with Crippen LogP contribution >= 0.6 is 31.9 Å². The smallest absolute Gasteiger partial charge is 0.149 e. The number of benzene rings is 1. The number of hydrogen-bond donors (Lipinski definition) is 1. The molecule has 0 radical (unpaired) electrons. The zero-order valence-electron chi connectivity index (χ0n) is 9.80. The first-order valence-corrected chi connectivity index (χ1v) is 6.79. The Hall–Kier alpha value is -0.520. The van der Waals surface area contributed by atoms with Gasteiger partial charge in [0.1, 0.15) is 17.1 Å². The van der Waals surface area contributed by atoms with E-state index < -0.39 is 0 Å². The van der Waals surface area contributed by atoms with E-state index in [9.17, 15) is 0 Å². The van der Waals surface area contributed by atoms with Gasteiger partial charge in [0.2, 0.25) is 0 Å². The maximum absolute atomic E-state index is 5.84. The van der Waals surface area contributed by atoms with Gasteiger partial charge < -0.3 is 14.5 Å². The monoisotopic (exact) mass is 361 g/mol. The summed E-state index contributed by atoms with van der Waals surface area (Å²) in [5, 5.41) is 4.16. The van der Waals surface area contributed by atoms with Gasteiger partial charge in [-0.3, -0.25) is 0 Å². The molecule has 0 aliphatic carbocycles. The lowest BCUT2D eigenvalue weighted by molar-refractivity contribution is 0.412. The molecule has 0 saturated heterocycles. The van der Waals surface area contributed by atoms with E-state index in [4.69, 9.17) is 9.15 Å². The molecule has 0 fully saturated rings. The first-order valence-electron chi connectivity index (χ1n) is 5.21. The van der Waals surface area contributed by atoms with Crippen molar-refractivity contribution in [1.82, 2.24) is 5.32 Å². The van der Waals surface area contributed by atoms with Crippen LogP contribution in [0.15, 0.2) is 25.5 Å². The van der Waals surface area contributed by atoms with Crippen LogP contribution in [-0.2, 0) is 0 Å². The molecule has 3 nitrogen and oxygen atoms in total. The predicted octanol–water partition coefficient (Wildman–Crippen LogP) is 4.25. The molecule has 1 heterocycles. The van der Waals surface area contributed by atoms with Crippen LogP contribution in [0.4, 0.5) is 0 Å². The average molecular weight is 363 g/mol. The first-order chi connectivity index (χ1) is 8.08. The van der Waals surface area contributed by atoms with Crippen LogP contribution in [0.2, 0.25) is 0 Å². The van der Waals surface area contributed by atoms with Crippen LogP contribution in [0.1, 0.15) is 18.7 Å². The molecule has 0 spiro atoms. The molecule has 1 atom stereocenters. The number of hydrogen-bond acceptors (Lipinski definition) is 3. The van der Waals surface area contributed by atoms with Gasteiger partial charge in [0, 0.05) is 5.39 Å². The Balaban J connectivity index is 2.67. The average Bonchev–Trinajstić information content (AvgIpc) is 2.78. The van der Waals surface area contributed by atoms with Gasteiger partial charge in [0.25, 0.3) is 0 Å². The van der Waals surface area contributed by atoms with Crippen molar-refractivity contribution >= 4 is 42.8 Å². The second kappa shape index (κ2) is 5.00. The number of furan rings is 1. The third-order valence-corrected chi connectivity index (χ3v) is 4.17. The van der Waals surface area contributed by atoms with E-state index in [0.29, 0.717) is 0 Å². The van der Waals surface area contributed by atoms with Gasteiger partial charge in [-0.2, -0.15) is 0 Å². The highest BCUT2D eigenvalue weighted by molar-refractivity contribution is 9.11. The lowest BCUT2D eigenvalue weighted by atomic mass is 10.2. The number of fused-ring (bicyclic) bond motifs is 1. The van der Waals surface area contributed by atoms with Crippen molar-refractivity contribution in [2.24, 2.45) is 0 Å². The summed E-state index contributed by atoms with van der Waals surface area (Å²) < 4.78 is 12.9. The topological polar surface area (TPSA) is 34.4 Å². The van der Waals surface area contributed by atoms with Crippen LogP contribution in [0.3, 0.4) is 0 Å². The normalized spacial score (nSPS) is 13.0. The second-order valence-corrected chi connectivity index (χ2v) is 5.42. The van der Waals surface area contributed by atoms with Gasteiger partial charge in [-0.05, 0) is 58.0 Å². The molecule has 1 N–H and O–H groups in total. The van der Waals surface area contributed by atoms with Gasteiger partial charge in [0.15, 0.2) is 0 Å². The largest absolute Gasteiger partial charge is 0.496 e. The summed E-state index contributed by atoms with van der Waals surface area (Å²) in [5.74, 6) is 1.69. The molecule has 0 amide bonds. The zero-order chi connectivity index (χ0) is 12.6. The van der Waals surface area contributed by atoms with Crippen molar-refractivity contribution in [1.29, 1.82) is 0 Å². The molecule has 2 aromatic rings. The van der Waals surface area contributed by atoms with Crippen molar-refractivity contribution in [3.63, 3.8) is 0 Å². The highest BCUT2D eigenvalue weighted by Crippen LogP contribution is 2.40. The zero-order valence-corrected chi connectivity index (χ0v) is 13.0. The van der Waals surface area contributed by atoms with E-state index in [2.05, 4.69) is 44.1 Å². The van der Waals surface area contributed by atoms with Gasteiger partial charge in [-0.15, -0.1) is 0 Å². The summed E-state index contributed by atoms with van der Waals surface area (Å²) in [4.78, 5) is 0. The fourth-order valence-electron chi connectivity index (χ4n) is 1.63. The Kier molecular flexibility index (Phi) is 3.80. The molecule has 0 aliphatic rings. The van der Waals surface area contributed by atoms with Gasteiger partial charge in [0.05, 0.1) is 22.1 Å². The third kappa shape index (κ3) is 2.23. The van der Waals surface area contributed by atoms with Crippen molar-refractivity contribution in [2.45, 2.75) is 13.0 Å². The standard InChI is InChI=1S/C12H13Br2NO2/c1-6(15-2)9-4-7-11(14)10(16-3)5-8(13)12(7)17-9/h4-6,15H,1-3H3. The van der Waals surface area contributed by atoms with Crippen molar-refractivity contribution in [2.75, 3.05) is 14.2 Å². The number of ether oxygens (including phenoxy) is 1. The molecule has 2 rings (SSSR count). The van der Waals surface area contributed by atoms with E-state index in [1.54, 1.807) is 7.11 Å². The summed E-state index contributed by atoms with van der Waals surface area (Å²) in [7, 11) is 3.55. The van der Waals surface area contributed by atoms with Crippen molar-refractivity contribution in [3.05, 3.63) is 26.8 Å². The minimum absolute atomic E-state index is 0.173. The molecular weight excluding hydrogens is 350 g/mol. The quantitative estimate of drug-likeness (QED) is 0.886. The molecule has 1 unspecified atom stereocenters. The van der Waals surface area contributed by atoms with Crippen molar-refractivity contribution in [3.8, 4) is 5.75 Å². The Labute approximate surface area is 117 Å². The lowest BCUT2D eigenvalue weighted by Gasteiger charge is -2.04. The molecule has 17 heavy (non-hydrogen) atoms. The highest BCUT2D eigenvalue weighted by Gasteiger charge is 2.16. The van der Waals surface area contributed by atoms with Gasteiger partial charge in [-0.25, -0.2) is 0 Å². The van der Waals surface area contributed by atoms with Crippen molar-refractivity contribution < 1.29 is 9.15 Å². The lowest BCUT2D eigenvalue weighted by Crippen LogP contribution is -2.10. The molecule has 0 aliphatic heterocycles. The molecule has 1 aromatic carbocycles. The molecule has 1 aromatic heterocycles. The highest BCUT2D eigenvalue weighted by atomic mass is 79.9. The third-order valence-electron chi connectivity index (χ3n) is 2.76. The molecular formula is C12H13Br2NO2. The SMILES string of the molecule is CNC(C)c1cc2c(Br)c(OC)cc(Br)c2o1. The first kappa shape index (κ1) is 12.9. The van der Waals surface area contributed by atoms with E-state index >= 15 is 0 Å². The number of rotatable bonds is 3. The summed E-state index contributed by atoms with van der Waals surface area (Å²) in [6, 6.07) is 4.09. The minimum atomic E-state index is 0.173. The van der Waals surface area contributed by atoms with Crippen LogP contribution in [0.25, 0.3) is 11.0 Å². The minimum Gasteiger partial charge on any atom is -0.496 e. The number of nitrogens with one attached hydrogen (secondary N) is 1. The van der Waals surface area contributed by atoms with Crippen LogP contribution < -0.4 is 10.1 Å². The van der Waals surface area contributed by atoms with Gasteiger partial charge >= 0.3 is 0 Å². The van der Waals surface area contributed by atoms with Crippen LogP contribution in [0, 0.1) is 0 Å². The summed E-state index contributed by atoms with van der Waals surface area (Å²) in [5.41, 5.74) is 0.828. The van der Waals surface area contributed by atoms with E-state index in [-0.39, 0.29) is 6.04 Å². The van der Waals surface area contributed by atoms with E-state index in [1.807, 2.05) is 19.2 Å². The number of halogens is 2. The molecule has 92 valence electrons. The number of methoxy groups -OCH3 is 1. The predicted molar refractivity (Wildman–Crippen MR) is 75.6 cm³/mol. The fraction of sp³-hybridized carbons (Fsp3) is 0.333. The maximum atomic E-state index is 5.84. The second-order valence-electron chi connectivity index (χ2n) is 3.78.